The second kappa shape index (κ2) is 8.39. The summed E-state index contributed by atoms with van der Waals surface area (Å²) in [5, 5.41) is 0.827. The SMILES string of the molecule is CC(C)C1C(=O)N(c2ccc(S(=O)(=O)C(F)(F)F)cc2)C(=O)N1Cc1ccnc2ccccc12. The van der Waals surface area contributed by atoms with Crippen molar-refractivity contribution in [1.82, 2.24) is 9.88 Å². The molecule has 1 unspecified atom stereocenters. The number of anilines is 1. The van der Waals surface area contributed by atoms with Crippen LogP contribution in [0.4, 0.5) is 23.7 Å². The molecule has 0 spiro atoms. The van der Waals surface area contributed by atoms with Crippen molar-refractivity contribution in [3.8, 4) is 0 Å². The first-order valence-corrected chi connectivity index (χ1v) is 11.8. The van der Waals surface area contributed by atoms with E-state index >= 15 is 0 Å². The number of fused-ring (bicyclic) bond motifs is 1. The van der Waals surface area contributed by atoms with Crippen molar-refractivity contribution in [2.24, 2.45) is 5.92 Å². The Bertz CT molecular complexity index is 1370. The maximum atomic E-state index is 13.3. The van der Waals surface area contributed by atoms with Crippen LogP contribution in [0.25, 0.3) is 10.9 Å². The lowest BCUT2D eigenvalue weighted by molar-refractivity contribution is -0.120. The van der Waals surface area contributed by atoms with Gasteiger partial charge in [0.2, 0.25) is 0 Å². The van der Waals surface area contributed by atoms with E-state index in [4.69, 9.17) is 0 Å². The zero-order valence-corrected chi connectivity index (χ0v) is 19.0. The fourth-order valence-corrected chi connectivity index (χ4v) is 4.80. The summed E-state index contributed by atoms with van der Waals surface area (Å²) in [6.45, 7) is 3.69. The summed E-state index contributed by atoms with van der Waals surface area (Å²) in [4.78, 5) is 32.2. The topological polar surface area (TPSA) is 87.7 Å². The number of aromatic nitrogens is 1. The van der Waals surface area contributed by atoms with Gasteiger partial charge < -0.3 is 4.90 Å². The lowest BCUT2D eigenvalue weighted by Crippen LogP contribution is -2.38. The summed E-state index contributed by atoms with van der Waals surface area (Å²) >= 11 is 0. The first-order chi connectivity index (χ1) is 15.9. The lowest BCUT2D eigenvalue weighted by atomic mass is 10.0. The van der Waals surface area contributed by atoms with Crippen molar-refractivity contribution in [1.29, 1.82) is 0 Å². The van der Waals surface area contributed by atoms with Gasteiger partial charge in [0, 0.05) is 18.1 Å². The number of carbonyl (C=O) groups excluding carboxylic acids is 2. The van der Waals surface area contributed by atoms with Crippen LogP contribution in [0.2, 0.25) is 0 Å². The number of halogens is 3. The number of carbonyl (C=O) groups is 2. The summed E-state index contributed by atoms with van der Waals surface area (Å²) in [7, 11) is -5.54. The van der Waals surface area contributed by atoms with E-state index in [1.54, 1.807) is 26.1 Å². The van der Waals surface area contributed by atoms with Crippen LogP contribution >= 0.6 is 0 Å². The van der Waals surface area contributed by atoms with E-state index in [2.05, 4.69) is 4.98 Å². The number of urea groups is 1. The molecular weight excluding hydrogens is 471 g/mol. The van der Waals surface area contributed by atoms with E-state index in [0.717, 1.165) is 45.6 Å². The van der Waals surface area contributed by atoms with E-state index in [-0.39, 0.29) is 18.2 Å². The van der Waals surface area contributed by atoms with Gasteiger partial charge in [-0.3, -0.25) is 9.78 Å². The fourth-order valence-electron chi connectivity index (χ4n) is 4.04. The molecule has 1 fully saturated rings. The van der Waals surface area contributed by atoms with Gasteiger partial charge >= 0.3 is 11.5 Å². The minimum atomic E-state index is -5.54. The Balaban J connectivity index is 1.69. The first kappa shape index (κ1) is 23.7. The third-order valence-electron chi connectivity index (χ3n) is 5.67. The summed E-state index contributed by atoms with van der Waals surface area (Å²) in [5.41, 5.74) is -3.95. The van der Waals surface area contributed by atoms with Crippen LogP contribution in [0, 0.1) is 5.92 Å². The number of alkyl halides is 3. The predicted octanol–water partition coefficient (Wildman–Crippen LogP) is 4.52. The summed E-state index contributed by atoms with van der Waals surface area (Å²) in [6.07, 6.45) is 1.61. The number of benzene rings is 2. The number of hydrogen-bond donors (Lipinski definition) is 0. The Morgan fingerprint density at radius 2 is 1.65 bits per heavy atom. The van der Waals surface area contributed by atoms with Gasteiger partial charge in [-0.05, 0) is 47.9 Å². The Hall–Kier alpha value is -3.47. The van der Waals surface area contributed by atoms with Gasteiger partial charge in [-0.15, -0.1) is 0 Å². The van der Waals surface area contributed by atoms with Crippen LogP contribution in [0.5, 0.6) is 0 Å². The van der Waals surface area contributed by atoms with Crippen molar-refractivity contribution in [2.75, 3.05) is 4.90 Å². The first-order valence-electron chi connectivity index (χ1n) is 10.3. The molecule has 0 aliphatic carbocycles. The van der Waals surface area contributed by atoms with Gasteiger partial charge in [-0.1, -0.05) is 32.0 Å². The van der Waals surface area contributed by atoms with Crippen LogP contribution in [-0.4, -0.2) is 41.8 Å². The third kappa shape index (κ3) is 3.89. The molecule has 178 valence electrons. The van der Waals surface area contributed by atoms with Crippen molar-refractivity contribution < 1.29 is 31.2 Å². The van der Waals surface area contributed by atoms with Crippen molar-refractivity contribution in [2.45, 2.75) is 36.8 Å². The summed E-state index contributed by atoms with van der Waals surface area (Å²) in [6, 6.07) is 11.2. The number of amides is 3. The highest BCUT2D eigenvalue weighted by molar-refractivity contribution is 7.92. The summed E-state index contributed by atoms with van der Waals surface area (Å²) < 4.78 is 61.8. The highest BCUT2D eigenvalue weighted by atomic mass is 32.2. The molecule has 2 heterocycles. The van der Waals surface area contributed by atoms with Crippen molar-refractivity contribution >= 4 is 38.4 Å². The highest BCUT2D eigenvalue weighted by Gasteiger charge is 2.49. The summed E-state index contributed by atoms with van der Waals surface area (Å²) in [5.74, 6) is -0.788. The minimum absolute atomic E-state index is 0.0103. The molecule has 7 nitrogen and oxygen atoms in total. The van der Waals surface area contributed by atoms with Gasteiger partial charge in [-0.25, -0.2) is 18.1 Å². The van der Waals surface area contributed by atoms with Crippen LogP contribution in [0.1, 0.15) is 19.4 Å². The lowest BCUT2D eigenvalue weighted by Gasteiger charge is -2.25. The average Bonchev–Trinajstić information content (AvgIpc) is 3.02. The molecule has 1 atom stereocenters. The van der Waals surface area contributed by atoms with Crippen LogP contribution in [0.3, 0.4) is 0 Å². The average molecular weight is 491 g/mol. The quantitative estimate of drug-likeness (QED) is 0.490. The van der Waals surface area contributed by atoms with Gasteiger partial charge in [0.15, 0.2) is 0 Å². The highest BCUT2D eigenvalue weighted by Crippen LogP contribution is 2.34. The largest absolute Gasteiger partial charge is 0.501 e. The molecule has 0 saturated carbocycles. The Morgan fingerprint density at radius 3 is 2.26 bits per heavy atom. The standard InChI is InChI=1S/C23H20F3N3O4S/c1-14(2)20-21(30)29(16-7-9-17(10-8-16)34(32,33)23(24,25)26)22(31)28(20)13-15-11-12-27-19-6-4-3-5-18(15)19/h3-12,14,20H,13H2,1-2H3. The molecule has 0 radical (unpaired) electrons. The Kier molecular flexibility index (Phi) is 5.84. The van der Waals surface area contributed by atoms with E-state index in [1.165, 1.54) is 4.90 Å². The molecule has 0 bridgehead atoms. The predicted molar refractivity (Wildman–Crippen MR) is 118 cm³/mol. The Morgan fingerprint density at radius 1 is 1.00 bits per heavy atom. The van der Waals surface area contributed by atoms with E-state index < -0.39 is 38.2 Å². The van der Waals surface area contributed by atoms with Crippen molar-refractivity contribution in [3.63, 3.8) is 0 Å². The number of nitrogens with zero attached hydrogens (tertiary/aromatic N) is 3. The molecule has 1 aromatic heterocycles. The van der Waals surface area contributed by atoms with Crippen LogP contribution in [-0.2, 0) is 21.2 Å². The van der Waals surface area contributed by atoms with Gasteiger partial charge in [-0.2, -0.15) is 13.2 Å². The van der Waals surface area contributed by atoms with Crippen molar-refractivity contribution in [3.05, 3.63) is 66.4 Å². The fraction of sp³-hybridized carbons (Fsp3) is 0.261. The maximum absolute atomic E-state index is 13.3. The zero-order valence-electron chi connectivity index (χ0n) is 18.2. The second-order valence-corrected chi connectivity index (χ2v) is 10.1. The molecular formula is C23H20F3N3O4S. The number of para-hydroxylation sites is 1. The molecule has 3 aromatic rings. The molecule has 3 amide bonds. The zero-order chi connectivity index (χ0) is 24.8. The van der Waals surface area contributed by atoms with Gasteiger partial charge in [0.1, 0.15) is 6.04 Å². The maximum Gasteiger partial charge on any atom is 0.501 e. The normalized spacial score (nSPS) is 17.3. The molecule has 11 heteroatoms. The van der Waals surface area contributed by atoms with Gasteiger partial charge in [0.05, 0.1) is 16.1 Å². The molecule has 2 aromatic carbocycles. The van der Waals surface area contributed by atoms with E-state index in [0.29, 0.717) is 0 Å². The molecule has 1 aliphatic rings. The smallest absolute Gasteiger partial charge is 0.307 e. The molecule has 34 heavy (non-hydrogen) atoms. The third-order valence-corrected chi connectivity index (χ3v) is 7.17. The van der Waals surface area contributed by atoms with E-state index in [9.17, 15) is 31.2 Å². The number of hydrogen-bond acceptors (Lipinski definition) is 5. The Labute approximate surface area is 193 Å². The number of rotatable bonds is 5. The van der Waals surface area contributed by atoms with Crippen LogP contribution in [0.15, 0.2) is 65.7 Å². The van der Waals surface area contributed by atoms with Gasteiger partial charge in [0.25, 0.3) is 15.7 Å². The monoisotopic (exact) mass is 491 g/mol. The molecule has 0 N–H and O–H groups in total. The van der Waals surface area contributed by atoms with E-state index in [1.807, 2.05) is 24.3 Å². The molecule has 4 rings (SSSR count). The van der Waals surface area contributed by atoms with Crippen LogP contribution < -0.4 is 4.90 Å². The molecule has 1 saturated heterocycles. The number of sulfone groups is 1. The second-order valence-electron chi connectivity index (χ2n) is 8.20. The minimum Gasteiger partial charge on any atom is -0.307 e. The number of imide groups is 1. The molecule has 1 aliphatic heterocycles. The number of pyridine rings is 1.